The largest absolute Gasteiger partial charge is 0.336 e. The van der Waals surface area contributed by atoms with Crippen LogP contribution in [0.3, 0.4) is 0 Å². The van der Waals surface area contributed by atoms with Gasteiger partial charge in [-0.05, 0) is 43.4 Å². The fourth-order valence-corrected chi connectivity index (χ4v) is 4.99. The predicted octanol–water partition coefficient (Wildman–Crippen LogP) is 2.82. The minimum absolute atomic E-state index is 0.0437. The number of hydrogen-bond acceptors (Lipinski definition) is 5. The van der Waals surface area contributed by atoms with Gasteiger partial charge >= 0.3 is 0 Å². The zero-order chi connectivity index (χ0) is 21.1. The number of aryl methyl sites for hydroxylation is 3. The van der Waals surface area contributed by atoms with Gasteiger partial charge in [-0.15, -0.1) is 11.3 Å². The molecular formula is C22H24N4O3S. The quantitative estimate of drug-likeness (QED) is 0.660. The molecule has 0 aliphatic heterocycles. The molecule has 1 aliphatic rings. The number of amides is 2. The maximum Gasteiger partial charge on any atom is 0.262 e. The highest BCUT2D eigenvalue weighted by molar-refractivity contribution is 7.18. The first kappa shape index (κ1) is 20.3. The molecular weight excluding hydrogens is 400 g/mol. The standard InChI is InChI=1S/C22H24N4O3S/c1-25(13-18(27)24-15-7-3-2-4-8-15)19(28)11-12-26-14-23-21-20(22(26)29)16-9-5-6-10-17(16)30-21/h2-4,7-8,14H,5-6,9-13H2,1H3,(H,24,27). The number of nitrogens with one attached hydrogen (secondary N) is 1. The van der Waals surface area contributed by atoms with E-state index in [9.17, 15) is 14.4 Å². The molecule has 0 fully saturated rings. The highest BCUT2D eigenvalue weighted by Gasteiger charge is 2.20. The molecule has 0 radical (unpaired) electrons. The van der Waals surface area contributed by atoms with Gasteiger partial charge < -0.3 is 10.2 Å². The number of thiophene rings is 1. The van der Waals surface area contributed by atoms with Crippen molar-refractivity contribution in [1.29, 1.82) is 0 Å². The second kappa shape index (κ2) is 8.79. The lowest BCUT2D eigenvalue weighted by atomic mass is 9.97. The van der Waals surface area contributed by atoms with E-state index in [1.165, 1.54) is 20.7 Å². The van der Waals surface area contributed by atoms with Crippen LogP contribution in [-0.2, 0) is 29.0 Å². The van der Waals surface area contributed by atoms with Gasteiger partial charge in [-0.2, -0.15) is 0 Å². The van der Waals surface area contributed by atoms with E-state index < -0.39 is 0 Å². The molecule has 2 aromatic heterocycles. The molecule has 1 aliphatic carbocycles. The summed E-state index contributed by atoms with van der Waals surface area (Å²) in [5.74, 6) is -0.459. The second-order valence-corrected chi connectivity index (χ2v) is 8.63. The van der Waals surface area contributed by atoms with Crippen molar-refractivity contribution in [2.24, 2.45) is 0 Å². The molecule has 0 saturated heterocycles. The lowest BCUT2D eigenvalue weighted by molar-refractivity contribution is -0.133. The molecule has 0 spiro atoms. The van der Waals surface area contributed by atoms with Crippen molar-refractivity contribution in [2.45, 2.75) is 38.6 Å². The Morgan fingerprint density at radius 2 is 1.97 bits per heavy atom. The van der Waals surface area contributed by atoms with Gasteiger partial charge in [-0.25, -0.2) is 4.98 Å². The Kier molecular flexibility index (Phi) is 5.94. The van der Waals surface area contributed by atoms with Crippen molar-refractivity contribution in [3.8, 4) is 0 Å². The van der Waals surface area contributed by atoms with Gasteiger partial charge in [0.1, 0.15) is 4.83 Å². The Morgan fingerprint density at radius 3 is 2.77 bits per heavy atom. The molecule has 4 rings (SSSR count). The number of hydrogen-bond donors (Lipinski definition) is 1. The third kappa shape index (κ3) is 4.28. The minimum Gasteiger partial charge on any atom is -0.336 e. The van der Waals surface area contributed by atoms with E-state index in [0.29, 0.717) is 5.69 Å². The first-order valence-corrected chi connectivity index (χ1v) is 10.9. The second-order valence-electron chi connectivity index (χ2n) is 7.55. The number of rotatable bonds is 6. The van der Waals surface area contributed by atoms with Crippen molar-refractivity contribution >= 4 is 39.1 Å². The molecule has 8 heteroatoms. The molecule has 2 heterocycles. The molecule has 0 unspecified atom stereocenters. The summed E-state index contributed by atoms with van der Waals surface area (Å²) < 4.78 is 1.51. The molecule has 2 amide bonds. The molecule has 0 bridgehead atoms. The molecule has 1 aromatic carbocycles. The van der Waals surface area contributed by atoms with Crippen LogP contribution in [0, 0.1) is 0 Å². The number of fused-ring (bicyclic) bond motifs is 3. The molecule has 156 valence electrons. The normalized spacial score (nSPS) is 13.1. The van der Waals surface area contributed by atoms with Gasteiger partial charge in [0.25, 0.3) is 5.56 Å². The highest BCUT2D eigenvalue weighted by atomic mass is 32.1. The highest BCUT2D eigenvalue weighted by Crippen LogP contribution is 2.33. The Hall–Kier alpha value is -3.00. The average Bonchev–Trinajstić information content (AvgIpc) is 3.13. The lowest BCUT2D eigenvalue weighted by Gasteiger charge is -2.17. The van der Waals surface area contributed by atoms with Gasteiger partial charge in [0.05, 0.1) is 18.3 Å². The first-order valence-electron chi connectivity index (χ1n) is 10.1. The number of aromatic nitrogens is 2. The van der Waals surface area contributed by atoms with Crippen LogP contribution < -0.4 is 10.9 Å². The number of anilines is 1. The lowest BCUT2D eigenvalue weighted by Crippen LogP contribution is -2.35. The molecule has 3 aromatic rings. The summed E-state index contributed by atoms with van der Waals surface area (Å²) in [5, 5.41) is 3.48. The smallest absolute Gasteiger partial charge is 0.262 e. The topological polar surface area (TPSA) is 84.3 Å². The van der Waals surface area contributed by atoms with Crippen molar-refractivity contribution in [3.63, 3.8) is 0 Å². The van der Waals surface area contributed by atoms with Crippen LogP contribution in [0.15, 0.2) is 41.5 Å². The number of likely N-dealkylation sites (N-methyl/N-ethyl adjacent to an activating group) is 1. The summed E-state index contributed by atoms with van der Waals surface area (Å²) in [4.78, 5) is 45.5. The van der Waals surface area contributed by atoms with Crippen LogP contribution in [-0.4, -0.2) is 39.9 Å². The summed E-state index contributed by atoms with van der Waals surface area (Å²) in [6, 6.07) is 9.11. The molecule has 7 nitrogen and oxygen atoms in total. The average molecular weight is 425 g/mol. The number of benzene rings is 1. The zero-order valence-electron chi connectivity index (χ0n) is 16.9. The van der Waals surface area contributed by atoms with Crippen LogP contribution >= 0.6 is 11.3 Å². The summed E-state index contributed by atoms with van der Waals surface area (Å²) in [5.41, 5.74) is 1.76. The zero-order valence-corrected chi connectivity index (χ0v) is 17.7. The third-order valence-corrected chi connectivity index (χ3v) is 6.57. The van der Waals surface area contributed by atoms with Crippen LogP contribution in [0.4, 0.5) is 5.69 Å². The third-order valence-electron chi connectivity index (χ3n) is 5.37. The Balaban J connectivity index is 1.38. The maximum atomic E-state index is 13.0. The van der Waals surface area contributed by atoms with E-state index >= 15 is 0 Å². The number of carbonyl (C=O) groups is 2. The maximum absolute atomic E-state index is 13.0. The monoisotopic (exact) mass is 424 g/mol. The van der Waals surface area contributed by atoms with Gasteiger partial charge in [0, 0.05) is 30.6 Å². The van der Waals surface area contributed by atoms with Crippen molar-refractivity contribution in [2.75, 3.05) is 18.9 Å². The van der Waals surface area contributed by atoms with Crippen molar-refractivity contribution in [1.82, 2.24) is 14.5 Å². The fourth-order valence-electron chi connectivity index (χ4n) is 3.77. The first-order chi connectivity index (χ1) is 14.5. The van der Waals surface area contributed by atoms with E-state index in [0.717, 1.165) is 41.5 Å². The van der Waals surface area contributed by atoms with Gasteiger partial charge in [0.15, 0.2) is 0 Å². The van der Waals surface area contributed by atoms with E-state index in [-0.39, 0.29) is 36.9 Å². The van der Waals surface area contributed by atoms with Gasteiger partial charge in [0.2, 0.25) is 11.8 Å². The Morgan fingerprint density at radius 1 is 1.20 bits per heavy atom. The summed E-state index contributed by atoms with van der Waals surface area (Å²) in [6.45, 7) is 0.202. The molecule has 1 N–H and O–H groups in total. The van der Waals surface area contributed by atoms with Crippen LogP contribution in [0.5, 0.6) is 0 Å². The minimum atomic E-state index is -0.262. The predicted molar refractivity (Wildman–Crippen MR) is 118 cm³/mol. The van der Waals surface area contributed by atoms with E-state index in [1.54, 1.807) is 30.5 Å². The van der Waals surface area contributed by atoms with Gasteiger partial charge in [-0.1, -0.05) is 18.2 Å². The fraction of sp³-hybridized carbons (Fsp3) is 0.364. The number of nitrogens with zero attached hydrogens (tertiary/aromatic N) is 3. The van der Waals surface area contributed by atoms with Crippen molar-refractivity contribution < 1.29 is 9.59 Å². The summed E-state index contributed by atoms with van der Waals surface area (Å²) in [6.07, 6.45) is 5.86. The van der Waals surface area contributed by atoms with E-state index in [4.69, 9.17) is 0 Å². The van der Waals surface area contributed by atoms with E-state index in [2.05, 4.69) is 10.3 Å². The summed E-state index contributed by atoms with van der Waals surface area (Å²) >= 11 is 1.62. The van der Waals surface area contributed by atoms with Gasteiger partial charge in [-0.3, -0.25) is 19.0 Å². The Labute approximate surface area is 178 Å². The summed E-state index contributed by atoms with van der Waals surface area (Å²) in [7, 11) is 1.59. The van der Waals surface area contributed by atoms with E-state index in [1.807, 2.05) is 18.2 Å². The van der Waals surface area contributed by atoms with Crippen molar-refractivity contribution in [3.05, 3.63) is 57.5 Å². The van der Waals surface area contributed by atoms with Crippen LogP contribution in [0.2, 0.25) is 0 Å². The molecule has 0 saturated carbocycles. The molecule has 30 heavy (non-hydrogen) atoms. The molecule has 0 atom stereocenters. The Bertz CT molecular complexity index is 1140. The SMILES string of the molecule is CN(CC(=O)Nc1ccccc1)C(=O)CCn1cnc2sc3c(c2c1=O)CCCC3. The number of carbonyl (C=O) groups excluding carboxylic acids is 2. The van der Waals surface area contributed by atoms with Crippen LogP contribution in [0.1, 0.15) is 29.7 Å². The number of para-hydroxylation sites is 1. The van der Waals surface area contributed by atoms with Crippen LogP contribution in [0.25, 0.3) is 10.2 Å².